The molecule has 0 saturated carbocycles. The molecule has 0 amide bonds. The molecule has 2 rings (SSSR count). The van der Waals surface area contributed by atoms with E-state index < -0.39 is 0 Å². The van der Waals surface area contributed by atoms with Gasteiger partial charge in [0.2, 0.25) is 5.43 Å². The summed E-state index contributed by atoms with van der Waals surface area (Å²) < 4.78 is 2.43. The first kappa shape index (κ1) is 9.21. The molecule has 0 atom stereocenters. The molecule has 0 radical (unpaired) electrons. The predicted molar refractivity (Wildman–Crippen MR) is 59.1 cm³/mol. The van der Waals surface area contributed by atoms with Gasteiger partial charge in [-0.25, -0.2) is 0 Å². The highest BCUT2D eigenvalue weighted by atomic mass is 79.9. The zero-order chi connectivity index (χ0) is 10.3. The van der Waals surface area contributed by atoms with Crippen LogP contribution in [0.1, 0.15) is 0 Å². The standard InChI is InChI=1S/C9H8BrN3O/c1-13-7-5(3-2-4-6(7)10)8(14)9(11)12-13/h2-4H,1H3,(H2,11,12). The Labute approximate surface area is 88.5 Å². The minimum atomic E-state index is -0.223. The quantitative estimate of drug-likeness (QED) is 0.770. The van der Waals surface area contributed by atoms with Crippen molar-refractivity contribution in [1.82, 2.24) is 9.78 Å². The summed E-state index contributed by atoms with van der Waals surface area (Å²) in [6.07, 6.45) is 0. The smallest absolute Gasteiger partial charge is 0.231 e. The summed E-state index contributed by atoms with van der Waals surface area (Å²) in [4.78, 5) is 11.6. The van der Waals surface area contributed by atoms with Crippen LogP contribution in [0.4, 0.5) is 5.82 Å². The number of rotatable bonds is 0. The number of hydrogen-bond acceptors (Lipinski definition) is 3. The average molecular weight is 254 g/mol. The van der Waals surface area contributed by atoms with Gasteiger partial charge >= 0.3 is 0 Å². The van der Waals surface area contributed by atoms with Crippen molar-refractivity contribution in [2.75, 3.05) is 5.73 Å². The van der Waals surface area contributed by atoms with Gasteiger partial charge in [0.1, 0.15) is 0 Å². The largest absolute Gasteiger partial charge is 0.379 e. The number of para-hydroxylation sites is 1. The highest BCUT2D eigenvalue weighted by Crippen LogP contribution is 2.20. The molecule has 0 bridgehead atoms. The fourth-order valence-corrected chi connectivity index (χ4v) is 2.05. The van der Waals surface area contributed by atoms with Crippen molar-refractivity contribution in [3.63, 3.8) is 0 Å². The number of nitrogen functional groups attached to an aromatic ring is 1. The Hall–Kier alpha value is -1.36. The molecule has 2 aromatic rings. The van der Waals surface area contributed by atoms with Gasteiger partial charge < -0.3 is 5.73 Å². The van der Waals surface area contributed by atoms with Crippen LogP contribution in [-0.2, 0) is 7.05 Å². The van der Waals surface area contributed by atoms with E-state index >= 15 is 0 Å². The average Bonchev–Trinajstić information content (AvgIpc) is 2.14. The Morgan fingerprint density at radius 2 is 2.21 bits per heavy atom. The minimum Gasteiger partial charge on any atom is -0.379 e. The number of nitrogens with two attached hydrogens (primary N) is 1. The van der Waals surface area contributed by atoms with Gasteiger partial charge in [-0.1, -0.05) is 6.07 Å². The number of aryl methyl sites for hydroxylation is 1. The molecule has 0 spiro atoms. The monoisotopic (exact) mass is 253 g/mol. The highest BCUT2D eigenvalue weighted by Gasteiger charge is 2.07. The first-order valence-electron chi connectivity index (χ1n) is 4.02. The summed E-state index contributed by atoms with van der Waals surface area (Å²) in [5.41, 5.74) is 6.01. The van der Waals surface area contributed by atoms with E-state index in [1.54, 1.807) is 23.9 Å². The second-order valence-corrected chi connectivity index (χ2v) is 3.83. The molecule has 0 aliphatic carbocycles. The molecule has 5 heteroatoms. The lowest BCUT2D eigenvalue weighted by molar-refractivity contribution is 0.779. The molecule has 0 fully saturated rings. The van der Waals surface area contributed by atoms with Gasteiger partial charge in [0.15, 0.2) is 5.82 Å². The number of benzene rings is 1. The van der Waals surface area contributed by atoms with Crippen molar-refractivity contribution in [3.05, 3.63) is 32.9 Å². The van der Waals surface area contributed by atoms with E-state index in [9.17, 15) is 4.79 Å². The molecule has 1 aromatic carbocycles. The van der Waals surface area contributed by atoms with E-state index in [-0.39, 0.29) is 11.2 Å². The molecule has 0 aliphatic heterocycles. The van der Waals surface area contributed by atoms with Crippen LogP contribution in [0.25, 0.3) is 10.9 Å². The summed E-state index contributed by atoms with van der Waals surface area (Å²) >= 11 is 3.37. The van der Waals surface area contributed by atoms with E-state index in [0.717, 1.165) is 9.99 Å². The minimum absolute atomic E-state index is 0.0260. The van der Waals surface area contributed by atoms with Crippen LogP contribution in [0.15, 0.2) is 27.5 Å². The molecule has 4 nitrogen and oxygen atoms in total. The molecular formula is C9H8BrN3O. The zero-order valence-electron chi connectivity index (χ0n) is 7.49. The zero-order valence-corrected chi connectivity index (χ0v) is 9.08. The van der Waals surface area contributed by atoms with E-state index in [2.05, 4.69) is 21.0 Å². The molecule has 0 saturated heterocycles. The lowest BCUT2D eigenvalue weighted by Crippen LogP contribution is -2.16. The Bertz CT molecular complexity index is 562. The Balaban J connectivity index is 3.10. The molecule has 2 N–H and O–H groups in total. The Kier molecular flexibility index (Phi) is 2.03. The van der Waals surface area contributed by atoms with Crippen LogP contribution >= 0.6 is 15.9 Å². The Morgan fingerprint density at radius 3 is 2.93 bits per heavy atom. The predicted octanol–water partition coefficient (Wildman–Crippen LogP) is 1.28. The van der Waals surface area contributed by atoms with E-state index in [1.165, 1.54) is 0 Å². The first-order chi connectivity index (χ1) is 6.61. The topological polar surface area (TPSA) is 60.9 Å². The molecule has 0 unspecified atom stereocenters. The van der Waals surface area contributed by atoms with Crippen LogP contribution in [0.2, 0.25) is 0 Å². The van der Waals surface area contributed by atoms with E-state index in [1.807, 2.05) is 6.07 Å². The van der Waals surface area contributed by atoms with Crippen molar-refractivity contribution in [1.29, 1.82) is 0 Å². The number of hydrogen-bond donors (Lipinski definition) is 1. The molecule has 0 aliphatic rings. The fraction of sp³-hybridized carbons (Fsp3) is 0.111. The second kappa shape index (κ2) is 3.09. The van der Waals surface area contributed by atoms with E-state index in [4.69, 9.17) is 5.73 Å². The van der Waals surface area contributed by atoms with Crippen LogP contribution in [-0.4, -0.2) is 9.78 Å². The number of anilines is 1. The Morgan fingerprint density at radius 1 is 1.50 bits per heavy atom. The second-order valence-electron chi connectivity index (χ2n) is 2.97. The van der Waals surface area contributed by atoms with Gasteiger partial charge in [-0.2, -0.15) is 5.10 Å². The van der Waals surface area contributed by atoms with Crippen LogP contribution < -0.4 is 11.2 Å². The number of fused-ring (bicyclic) bond motifs is 1. The summed E-state index contributed by atoms with van der Waals surface area (Å²) in [6, 6.07) is 5.40. The van der Waals surface area contributed by atoms with Gasteiger partial charge in [0, 0.05) is 11.5 Å². The van der Waals surface area contributed by atoms with Crippen molar-refractivity contribution < 1.29 is 0 Å². The van der Waals surface area contributed by atoms with Gasteiger partial charge in [-0.05, 0) is 28.1 Å². The van der Waals surface area contributed by atoms with Gasteiger partial charge in [0.05, 0.1) is 10.9 Å². The third kappa shape index (κ3) is 1.21. The highest BCUT2D eigenvalue weighted by molar-refractivity contribution is 9.10. The molecule has 1 heterocycles. The van der Waals surface area contributed by atoms with Crippen LogP contribution in [0.5, 0.6) is 0 Å². The molecular weight excluding hydrogens is 246 g/mol. The van der Waals surface area contributed by atoms with E-state index in [0.29, 0.717) is 5.39 Å². The van der Waals surface area contributed by atoms with Crippen molar-refractivity contribution in [3.8, 4) is 0 Å². The number of nitrogens with zero attached hydrogens (tertiary/aromatic N) is 2. The summed E-state index contributed by atoms with van der Waals surface area (Å²) in [6.45, 7) is 0. The first-order valence-corrected chi connectivity index (χ1v) is 4.81. The maximum atomic E-state index is 11.6. The summed E-state index contributed by atoms with van der Waals surface area (Å²) in [5, 5.41) is 4.49. The summed E-state index contributed by atoms with van der Waals surface area (Å²) in [7, 11) is 1.75. The normalized spacial score (nSPS) is 10.7. The summed E-state index contributed by atoms with van der Waals surface area (Å²) in [5.74, 6) is 0.0260. The molecule has 72 valence electrons. The van der Waals surface area contributed by atoms with Crippen molar-refractivity contribution >= 4 is 32.7 Å². The number of aromatic nitrogens is 2. The SMILES string of the molecule is Cn1nc(N)c(=O)c2cccc(Br)c21. The van der Waals surface area contributed by atoms with Crippen molar-refractivity contribution in [2.45, 2.75) is 0 Å². The van der Waals surface area contributed by atoms with Crippen molar-refractivity contribution in [2.24, 2.45) is 7.05 Å². The lowest BCUT2D eigenvalue weighted by Gasteiger charge is -2.06. The fourth-order valence-electron chi connectivity index (χ4n) is 1.42. The molecule has 14 heavy (non-hydrogen) atoms. The lowest BCUT2D eigenvalue weighted by atomic mass is 10.2. The third-order valence-corrected chi connectivity index (χ3v) is 2.69. The van der Waals surface area contributed by atoms with Gasteiger partial charge in [-0.3, -0.25) is 9.48 Å². The van der Waals surface area contributed by atoms with Crippen LogP contribution in [0, 0.1) is 0 Å². The van der Waals surface area contributed by atoms with Gasteiger partial charge in [-0.15, -0.1) is 0 Å². The molecule has 1 aromatic heterocycles. The third-order valence-electron chi connectivity index (χ3n) is 2.05. The maximum Gasteiger partial charge on any atom is 0.231 e. The van der Waals surface area contributed by atoms with Gasteiger partial charge in [0.25, 0.3) is 0 Å². The number of halogens is 1. The maximum absolute atomic E-state index is 11.6. The van der Waals surface area contributed by atoms with Crippen LogP contribution in [0.3, 0.4) is 0 Å².